The number of aliphatic imine (C=N–C) groups is 1. The lowest BCUT2D eigenvalue weighted by atomic mass is 10.1. The maximum Gasteiger partial charge on any atom is 0.283 e. The number of ether oxygens (including phenoxy) is 1. The fraction of sp³-hybridized carbons (Fsp3) is 0.0800. The third-order valence-corrected chi connectivity index (χ3v) is 6.53. The number of nitrogens with one attached hydrogen (secondary N) is 1. The van der Waals surface area contributed by atoms with Crippen LogP contribution in [0, 0.1) is 12.3 Å². The molecule has 3 aromatic rings. The second kappa shape index (κ2) is 9.24. The first-order chi connectivity index (χ1) is 16.5. The minimum absolute atomic E-state index is 0.0441. The normalized spacial score (nSPS) is 16.4. The summed E-state index contributed by atoms with van der Waals surface area (Å²) in [4.78, 5) is 20.9. The summed E-state index contributed by atoms with van der Waals surface area (Å²) in [5.74, 6) is -0.00106. The highest BCUT2D eigenvalue weighted by molar-refractivity contribution is 8.27. The van der Waals surface area contributed by atoms with Crippen LogP contribution >= 0.6 is 23.4 Å². The maximum absolute atomic E-state index is 12.7. The third-order valence-electron chi connectivity index (χ3n) is 5.27. The topological polar surface area (TPSA) is 91.0 Å². The number of hydrogen-bond acceptors (Lipinski definition) is 6. The van der Waals surface area contributed by atoms with E-state index in [2.05, 4.69) is 15.1 Å². The van der Waals surface area contributed by atoms with Gasteiger partial charge in [-0.15, -0.1) is 0 Å². The number of amidine groups is 2. The van der Waals surface area contributed by atoms with Crippen LogP contribution in [0.5, 0.6) is 5.75 Å². The van der Waals surface area contributed by atoms with Crippen molar-refractivity contribution in [2.45, 2.75) is 13.5 Å². The molecule has 5 rings (SSSR count). The van der Waals surface area contributed by atoms with Crippen molar-refractivity contribution >= 4 is 51.4 Å². The van der Waals surface area contributed by atoms with Crippen molar-refractivity contribution in [1.29, 1.82) is 5.41 Å². The van der Waals surface area contributed by atoms with E-state index in [-0.39, 0.29) is 11.4 Å². The molecule has 1 N–H and O–H groups in total. The number of benzene rings is 2. The molecule has 3 heterocycles. The number of hydrazone groups is 1. The maximum atomic E-state index is 12.7. The fourth-order valence-electron chi connectivity index (χ4n) is 3.42. The molecule has 34 heavy (non-hydrogen) atoms. The zero-order valence-electron chi connectivity index (χ0n) is 18.0. The molecule has 2 aliphatic heterocycles. The van der Waals surface area contributed by atoms with Gasteiger partial charge in [-0.3, -0.25) is 15.2 Å². The molecule has 9 heteroatoms. The van der Waals surface area contributed by atoms with Crippen molar-refractivity contribution < 1.29 is 9.53 Å². The standard InChI is InChI=1S/C25H18ClN5O2S/c1-15-5-2-3-6-18(15)14-33-21-9-8-16(12-20(21)26)11-19-22(27)31-25(29-23(19)32)34-24(30-31)17-7-4-10-28-13-17/h2-13,27H,14H2,1H3/b19-11-,27-22?. The molecular formula is C25H18ClN5O2S. The number of aromatic nitrogens is 1. The Kier molecular flexibility index (Phi) is 6.00. The summed E-state index contributed by atoms with van der Waals surface area (Å²) in [6, 6.07) is 16.9. The SMILES string of the molecule is Cc1ccccc1COc1ccc(/C=C2/C(=N)N3N=C(c4cccnc4)SC3=NC2=O)cc1Cl. The highest BCUT2D eigenvalue weighted by Crippen LogP contribution is 2.32. The largest absolute Gasteiger partial charge is 0.487 e. The van der Waals surface area contributed by atoms with Crippen LogP contribution in [0.1, 0.15) is 22.3 Å². The highest BCUT2D eigenvalue weighted by Gasteiger charge is 2.36. The van der Waals surface area contributed by atoms with Gasteiger partial charge in [0.15, 0.2) is 5.84 Å². The molecule has 1 aromatic heterocycles. The number of nitrogens with zero attached hydrogens (tertiary/aromatic N) is 4. The van der Waals surface area contributed by atoms with Crippen LogP contribution < -0.4 is 4.74 Å². The van der Waals surface area contributed by atoms with Gasteiger partial charge in [0, 0.05) is 18.0 Å². The molecule has 0 radical (unpaired) electrons. The second-order valence-corrected chi connectivity index (χ2v) is 8.94. The monoisotopic (exact) mass is 487 g/mol. The molecule has 7 nitrogen and oxygen atoms in total. The van der Waals surface area contributed by atoms with Gasteiger partial charge in [-0.2, -0.15) is 15.1 Å². The Balaban J connectivity index is 1.36. The summed E-state index contributed by atoms with van der Waals surface area (Å²) in [7, 11) is 0. The van der Waals surface area contributed by atoms with Crippen LogP contribution in [0.4, 0.5) is 0 Å². The van der Waals surface area contributed by atoms with Gasteiger partial charge in [0.05, 0.1) is 10.6 Å². The van der Waals surface area contributed by atoms with Gasteiger partial charge in [0.1, 0.15) is 17.4 Å². The molecule has 2 aromatic carbocycles. The molecular weight excluding hydrogens is 470 g/mol. The van der Waals surface area contributed by atoms with E-state index in [4.69, 9.17) is 21.7 Å². The molecule has 0 fully saturated rings. The molecule has 1 amide bonds. The lowest BCUT2D eigenvalue weighted by Crippen LogP contribution is -2.35. The van der Waals surface area contributed by atoms with Gasteiger partial charge >= 0.3 is 0 Å². The number of pyridine rings is 1. The molecule has 168 valence electrons. The van der Waals surface area contributed by atoms with Crippen molar-refractivity contribution in [2.24, 2.45) is 10.1 Å². The average Bonchev–Trinajstić information content (AvgIpc) is 3.27. The van der Waals surface area contributed by atoms with Crippen LogP contribution in [0.25, 0.3) is 6.08 Å². The van der Waals surface area contributed by atoms with Crippen molar-refractivity contribution in [3.8, 4) is 5.75 Å². The van der Waals surface area contributed by atoms with Crippen LogP contribution in [0.3, 0.4) is 0 Å². The van der Waals surface area contributed by atoms with E-state index in [0.29, 0.717) is 33.2 Å². The van der Waals surface area contributed by atoms with Gasteiger partial charge in [0.25, 0.3) is 5.91 Å². The third kappa shape index (κ3) is 4.37. The quantitative estimate of drug-likeness (QED) is 0.494. The number of aryl methyl sites for hydroxylation is 1. The van der Waals surface area contributed by atoms with Crippen LogP contribution in [-0.2, 0) is 11.4 Å². The van der Waals surface area contributed by atoms with E-state index in [0.717, 1.165) is 16.7 Å². The number of rotatable bonds is 5. The molecule has 0 bridgehead atoms. The van der Waals surface area contributed by atoms with E-state index in [1.54, 1.807) is 42.7 Å². The van der Waals surface area contributed by atoms with Crippen LogP contribution in [0.2, 0.25) is 5.02 Å². The van der Waals surface area contributed by atoms with Crippen LogP contribution in [0.15, 0.2) is 82.7 Å². The van der Waals surface area contributed by atoms with Crippen molar-refractivity contribution in [3.05, 3.63) is 99.8 Å². The number of thioether (sulfide) groups is 1. The second-order valence-electron chi connectivity index (χ2n) is 7.57. The first-order valence-electron chi connectivity index (χ1n) is 10.4. The number of carbonyl (C=O) groups is 1. The summed E-state index contributed by atoms with van der Waals surface area (Å²) in [5.41, 5.74) is 3.80. The van der Waals surface area contributed by atoms with Gasteiger partial charge in [0.2, 0.25) is 5.17 Å². The van der Waals surface area contributed by atoms with Gasteiger partial charge < -0.3 is 4.74 Å². The lowest BCUT2D eigenvalue weighted by molar-refractivity contribution is -0.114. The highest BCUT2D eigenvalue weighted by atomic mass is 35.5. The minimum Gasteiger partial charge on any atom is -0.487 e. The van der Waals surface area contributed by atoms with E-state index in [1.807, 2.05) is 37.3 Å². The first kappa shape index (κ1) is 22.1. The Bertz CT molecular complexity index is 1400. The van der Waals surface area contributed by atoms with Crippen molar-refractivity contribution in [1.82, 2.24) is 9.99 Å². The zero-order valence-corrected chi connectivity index (χ0v) is 19.6. The predicted octanol–water partition coefficient (Wildman–Crippen LogP) is 5.29. The number of hydrogen-bond donors (Lipinski definition) is 1. The van der Waals surface area contributed by atoms with E-state index in [9.17, 15) is 4.79 Å². The van der Waals surface area contributed by atoms with E-state index in [1.165, 1.54) is 16.8 Å². The Morgan fingerprint density at radius 1 is 1.18 bits per heavy atom. The Morgan fingerprint density at radius 2 is 2.03 bits per heavy atom. The Morgan fingerprint density at radius 3 is 2.79 bits per heavy atom. The van der Waals surface area contributed by atoms with Crippen molar-refractivity contribution in [3.63, 3.8) is 0 Å². The number of halogens is 1. The molecule has 2 aliphatic rings. The van der Waals surface area contributed by atoms with Crippen LogP contribution in [-0.4, -0.2) is 31.9 Å². The Labute approximate surface area is 205 Å². The zero-order chi connectivity index (χ0) is 23.7. The lowest BCUT2D eigenvalue weighted by Gasteiger charge is -2.20. The van der Waals surface area contributed by atoms with Crippen molar-refractivity contribution in [2.75, 3.05) is 0 Å². The first-order valence-corrected chi connectivity index (χ1v) is 11.6. The van der Waals surface area contributed by atoms with Gasteiger partial charge in [-0.1, -0.05) is 41.9 Å². The number of amides is 1. The van der Waals surface area contributed by atoms with Gasteiger partial charge in [-0.05, 0) is 65.7 Å². The molecule has 0 atom stereocenters. The molecule has 0 saturated heterocycles. The summed E-state index contributed by atoms with van der Waals surface area (Å²) < 4.78 is 5.88. The minimum atomic E-state index is -0.498. The summed E-state index contributed by atoms with van der Waals surface area (Å²) in [6.45, 7) is 2.43. The molecule has 0 saturated carbocycles. The predicted molar refractivity (Wildman–Crippen MR) is 135 cm³/mol. The average molecular weight is 488 g/mol. The summed E-state index contributed by atoms with van der Waals surface area (Å²) >= 11 is 7.67. The fourth-order valence-corrected chi connectivity index (χ4v) is 4.54. The number of fused-ring (bicyclic) bond motifs is 1. The molecule has 0 spiro atoms. The van der Waals surface area contributed by atoms with Gasteiger partial charge in [-0.25, -0.2) is 0 Å². The summed E-state index contributed by atoms with van der Waals surface area (Å²) in [6.07, 6.45) is 4.94. The number of carbonyl (C=O) groups excluding carboxylic acids is 1. The molecule has 0 aliphatic carbocycles. The summed E-state index contributed by atoms with van der Waals surface area (Å²) in [5, 5.41) is 15.8. The smallest absolute Gasteiger partial charge is 0.283 e. The van der Waals surface area contributed by atoms with E-state index < -0.39 is 5.91 Å². The van der Waals surface area contributed by atoms with E-state index >= 15 is 0 Å². The molecule has 0 unspecified atom stereocenters. The Hall–Kier alpha value is -3.75.